The molecule has 0 radical (unpaired) electrons. The highest BCUT2D eigenvalue weighted by molar-refractivity contribution is 6.05. The summed E-state index contributed by atoms with van der Waals surface area (Å²) in [5.41, 5.74) is 0. The van der Waals surface area contributed by atoms with Crippen molar-refractivity contribution in [1.82, 2.24) is 5.32 Å². The van der Waals surface area contributed by atoms with E-state index < -0.39 is 0 Å². The minimum absolute atomic E-state index is 0.0451. The minimum atomic E-state index is -0.0472. The van der Waals surface area contributed by atoms with Crippen LogP contribution in [0, 0.1) is 23.7 Å². The van der Waals surface area contributed by atoms with Crippen molar-refractivity contribution in [3.63, 3.8) is 0 Å². The second-order valence-electron chi connectivity index (χ2n) is 4.20. The van der Waals surface area contributed by atoms with Crippen molar-refractivity contribution in [3.05, 3.63) is 12.2 Å². The van der Waals surface area contributed by atoms with Gasteiger partial charge in [-0.1, -0.05) is 12.2 Å². The lowest BCUT2D eigenvalue weighted by Crippen LogP contribution is -2.38. The average molecular weight is 177 g/mol. The molecule has 2 bridgehead atoms. The van der Waals surface area contributed by atoms with Crippen molar-refractivity contribution >= 4 is 11.8 Å². The first-order valence-electron chi connectivity index (χ1n) is 4.80. The lowest BCUT2D eigenvalue weighted by Gasteiger charge is -2.38. The number of hydrogen-bond acceptors (Lipinski definition) is 2. The van der Waals surface area contributed by atoms with E-state index in [1.54, 1.807) is 0 Å². The second-order valence-corrected chi connectivity index (χ2v) is 4.20. The van der Waals surface area contributed by atoms with E-state index in [-0.39, 0.29) is 23.7 Å². The zero-order valence-electron chi connectivity index (χ0n) is 7.19. The molecule has 0 unspecified atom stereocenters. The Morgan fingerprint density at radius 3 is 1.85 bits per heavy atom. The lowest BCUT2D eigenvalue weighted by atomic mass is 9.63. The fourth-order valence-electron chi connectivity index (χ4n) is 3.00. The normalized spacial score (nSPS) is 46.5. The smallest absolute Gasteiger partial charge is 0.231 e. The summed E-state index contributed by atoms with van der Waals surface area (Å²) < 4.78 is 0. The molecule has 2 amide bonds. The van der Waals surface area contributed by atoms with Crippen LogP contribution in [0.2, 0.25) is 0 Å². The molecule has 0 aromatic rings. The lowest BCUT2D eigenvalue weighted by molar-refractivity contribution is -0.126. The number of allylic oxidation sites excluding steroid dienone is 2. The molecular weight excluding hydrogens is 166 g/mol. The van der Waals surface area contributed by atoms with Crippen LogP contribution < -0.4 is 5.32 Å². The Balaban J connectivity index is 2.07. The maximum atomic E-state index is 11.4. The summed E-state index contributed by atoms with van der Waals surface area (Å²) in [6, 6.07) is 0. The van der Waals surface area contributed by atoms with E-state index in [0.717, 1.165) is 12.8 Å². The third-order valence-electron chi connectivity index (χ3n) is 3.60. The number of imide groups is 1. The molecule has 2 fully saturated rings. The first kappa shape index (κ1) is 7.30. The predicted molar refractivity (Wildman–Crippen MR) is 45.5 cm³/mol. The number of carbonyl (C=O) groups excluding carboxylic acids is 2. The van der Waals surface area contributed by atoms with Gasteiger partial charge in [-0.2, -0.15) is 0 Å². The zero-order valence-corrected chi connectivity index (χ0v) is 7.19. The van der Waals surface area contributed by atoms with Crippen molar-refractivity contribution in [3.8, 4) is 0 Å². The van der Waals surface area contributed by atoms with Crippen LogP contribution in [0.1, 0.15) is 12.8 Å². The predicted octanol–water partition coefficient (Wildman–Crippen LogP) is 0.471. The molecular formula is C10H11NO2. The molecule has 3 nitrogen and oxygen atoms in total. The van der Waals surface area contributed by atoms with Gasteiger partial charge in [-0.25, -0.2) is 0 Å². The molecule has 1 saturated carbocycles. The van der Waals surface area contributed by atoms with Gasteiger partial charge < -0.3 is 0 Å². The molecule has 0 spiro atoms. The summed E-state index contributed by atoms with van der Waals surface area (Å²) in [4.78, 5) is 22.9. The van der Waals surface area contributed by atoms with Crippen LogP contribution in [0.5, 0.6) is 0 Å². The van der Waals surface area contributed by atoms with Gasteiger partial charge in [0.2, 0.25) is 11.8 Å². The van der Waals surface area contributed by atoms with E-state index in [9.17, 15) is 9.59 Å². The van der Waals surface area contributed by atoms with Gasteiger partial charge in [0, 0.05) is 0 Å². The molecule has 3 aliphatic carbocycles. The topological polar surface area (TPSA) is 46.2 Å². The molecule has 0 aromatic heterocycles. The molecule has 1 saturated heterocycles. The highest BCUT2D eigenvalue weighted by atomic mass is 16.2. The van der Waals surface area contributed by atoms with Gasteiger partial charge >= 0.3 is 0 Å². The Bertz CT molecular complexity index is 291. The molecule has 3 heteroatoms. The number of amides is 2. The molecule has 1 N–H and O–H groups in total. The van der Waals surface area contributed by atoms with E-state index in [2.05, 4.69) is 17.5 Å². The van der Waals surface area contributed by atoms with Gasteiger partial charge in [-0.3, -0.25) is 14.9 Å². The second kappa shape index (κ2) is 2.22. The Hall–Kier alpha value is -1.12. The summed E-state index contributed by atoms with van der Waals surface area (Å²) in [5.74, 6) is 0.457. The molecule has 1 aliphatic heterocycles. The van der Waals surface area contributed by atoms with Gasteiger partial charge in [0.25, 0.3) is 0 Å². The van der Waals surface area contributed by atoms with Crippen LogP contribution in [-0.2, 0) is 9.59 Å². The van der Waals surface area contributed by atoms with Crippen LogP contribution in [0.3, 0.4) is 0 Å². The largest absolute Gasteiger partial charge is 0.296 e. The Morgan fingerprint density at radius 2 is 1.46 bits per heavy atom. The zero-order chi connectivity index (χ0) is 9.00. The minimum Gasteiger partial charge on any atom is -0.296 e. The average Bonchev–Trinajstić information content (AvgIpc) is 2.47. The van der Waals surface area contributed by atoms with Crippen LogP contribution in [0.4, 0.5) is 0 Å². The Labute approximate surface area is 76.2 Å². The van der Waals surface area contributed by atoms with E-state index >= 15 is 0 Å². The standard InChI is InChI=1S/C10H11NO2/c12-9-7-5-1-2-6(4-3-5)8(7)10(13)11-9/h1-2,5-8H,3-4H2,(H,11,12,13)/t5-,6-,7+,8+/m0/s1. The van der Waals surface area contributed by atoms with Crippen molar-refractivity contribution in [2.45, 2.75) is 12.8 Å². The number of nitrogens with one attached hydrogen (secondary N) is 1. The number of rotatable bonds is 0. The summed E-state index contributed by atoms with van der Waals surface area (Å²) >= 11 is 0. The van der Waals surface area contributed by atoms with Crippen LogP contribution in [0.25, 0.3) is 0 Å². The maximum absolute atomic E-state index is 11.4. The molecule has 68 valence electrons. The molecule has 0 aromatic carbocycles. The van der Waals surface area contributed by atoms with Crippen LogP contribution >= 0.6 is 0 Å². The van der Waals surface area contributed by atoms with E-state index in [4.69, 9.17) is 0 Å². The summed E-state index contributed by atoms with van der Waals surface area (Å²) in [7, 11) is 0. The van der Waals surface area contributed by atoms with E-state index in [1.165, 1.54) is 0 Å². The number of hydrogen-bond donors (Lipinski definition) is 1. The van der Waals surface area contributed by atoms with Gasteiger partial charge in [-0.15, -0.1) is 0 Å². The highest BCUT2D eigenvalue weighted by Gasteiger charge is 2.52. The molecule has 13 heavy (non-hydrogen) atoms. The molecule has 4 rings (SSSR count). The van der Waals surface area contributed by atoms with Crippen LogP contribution in [0.15, 0.2) is 12.2 Å². The maximum Gasteiger partial charge on any atom is 0.231 e. The first-order chi connectivity index (χ1) is 6.27. The highest BCUT2D eigenvalue weighted by Crippen LogP contribution is 2.46. The fraction of sp³-hybridized carbons (Fsp3) is 0.600. The van der Waals surface area contributed by atoms with Gasteiger partial charge in [0.15, 0.2) is 0 Å². The SMILES string of the molecule is O=C1NC(=O)[C@H]2[C@H]1[C@H]1C=C[C@H]2CC1. The third-order valence-corrected chi connectivity index (χ3v) is 3.60. The molecule has 1 heterocycles. The molecule has 4 aliphatic rings. The fourth-order valence-corrected chi connectivity index (χ4v) is 3.00. The van der Waals surface area contributed by atoms with E-state index in [1.807, 2.05) is 0 Å². The number of carbonyl (C=O) groups is 2. The summed E-state index contributed by atoms with van der Waals surface area (Å²) in [6.07, 6.45) is 6.38. The van der Waals surface area contributed by atoms with Gasteiger partial charge in [0.1, 0.15) is 0 Å². The van der Waals surface area contributed by atoms with Crippen molar-refractivity contribution in [2.75, 3.05) is 0 Å². The summed E-state index contributed by atoms with van der Waals surface area (Å²) in [6.45, 7) is 0. The monoisotopic (exact) mass is 177 g/mol. The van der Waals surface area contributed by atoms with Crippen molar-refractivity contribution in [2.24, 2.45) is 23.7 Å². The Kier molecular flexibility index (Phi) is 1.25. The quantitative estimate of drug-likeness (QED) is 0.432. The molecule has 4 atom stereocenters. The number of fused-ring (bicyclic) bond motifs is 1. The van der Waals surface area contributed by atoms with Gasteiger partial charge in [-0.05, 0) is 24.7 Å². The van der Waals surface area contributed by atoms with Crippen LogP contribution in [-0.4, -0.2) is 11.8 Å². The van der Waals surface area contributed by atoms with E-state index in [0.29, 0.717) is 11.8 Å². The third kappa shape index (κ3) is 0.794. The van der Waals surface area contributed by atoms with Crippen molar-refractivity contribution in [1.29, 1.82) is 0 Å². The summed E-state index contributed by atoms with van der Waals surface area (Å²) in [5, 5.41) is 2.44. The van der Waals surface area contributed by atoms with Gasteiger partial charge in [0.05, 0.1) is 11.8 Å². The Morgan fingerprint density at radius 1 is 1.00 bits per heavy atom. The van der Waals surface area contributed by atoms with Crippen molar-refractivity contribution < 1.29 is 9.59 Å². The first-order valence-corrected chi connectivity index (χ1v) is 4.80.